The molecule has 0 unspecified atom stereocenters. The predicted molar refractivity (Wildman–Crippen MR) is 119 cm³/mol. The van der Waals surface area contributed by atoms with Crippen LogP contribution in [0.2, 0.25) is 0 Å². The highest BCUT2D eigenvalue weighted by Gasteiger charge is 2.21. The van der Waals surface area contributed by atoms with Gasteiger partial charge in [0.1, 0.15) is 0 Å². The van der Waals surface area contributed by atoms with Gasteiger partial charge in [-0.25, -0.2) is 0 Å². The van der Waals surface area contributed by atoms with Gasteiger partial charge in [-0.2, -0.15) is 0 Å². The van der Waals surface area contributed by atoms with Crippen LogP contribution in [0.3, 0.4) is 0 Å². The van der Waals surface area contributed by atoms with Gasteiger partial charge in [-0.15, -0.1) is 0 Å². The lowest BCUT2D eigenvalue weighted by atomic mass is 10.1. The first kappa shape index (κ1) is 22.6. The summed E-state index contributed by atoms with van der Waals surface area (Å²) in [7, 11) is 0. The third-order valence-corrected chi connectivity index (χ3v) is 4.98. The molecule has 7 nitrogen and oxygen atoms in total. The zero-order valence-corrected chi connectivity index (χ0v) is 18.2. The number of anilines is 1. The first-order valence-electron chi connectivity index (χ1n) is 10.8. The minimum absolute atomic E-state index is 0.0907. The maximum Gasteiger partial charge on any atom is 0.256 e. The lowest BCUT2D eigenvalue weighted by Gasteiger charge is -2.27. The van der Waals surface area contributed by atoms with Crippen molar-refractivity contribution in [2.45, 2.75) is 26.7 Å². The molecule has 1 heterocycles. The Balaban J connectivity index is 1.62. The molecule has 0 radical (unpaired) electrons. The Morgan fingerprint density at radius 1 is 1.00 bits per heavy atom. The largest absolute Gasteiger partial charge is 0.490 e. The molecule has 1 aliphatic rings. The van der Waals surface area contributed by atoms with E-state index in [9.17, 15) is 9.59 Å². The number of hydrogen-bond acceptors (Lipinski definition) is 5. The van der Waals surface area contributed by atoms with Crippen LogP contribution in [0.4, 0.5) is 5.69 Å². The van der Waals surface area contributed by atoms with Crippen molar-refractivity contribution in [1.82, 2.24) is 4.90 Å². The maximum absolute atomic E-state index is 12.9. The summed E-state index contributed by atoms with van der Waals surface area (Å²) in [4.78, 5) is 27.2. The number of carbonyl (C=O) groups excluding carboxylic acids is 2. The Morgan fingerprint density at radius 2 is 1.71 bits per heavy atom. The summed E-state index contributed by atoms with van der Waals surface area (Å²) in [5.41, 5.74) is 2.02. The van der Waals surface area contributed by atoms with Crippen molar-refractivity contribution in [3.63, 3.8) is 0 Å². The van der Waals surface area contributed by atoms with Gasteiger partial charge in [-0.1, -0.05) is 18.2 Å². The number of carbonyl (C=O) groups is 2. The molecule has 7 heteroatoms. The fourth-order valence-electron chi connectivity index (χ4n) is 3.44. The fraction of sp³-hybridized carbons (Fsp3) is 0.417. The van der Waals surface area contributed by atoms with Gasteiger partial charge in [-0.05, 0) is 50.1 Å². The molecule has 0 bridgehead atoms. The highest BCUT2D eigenvalue weighted by Crippen LogP contribution is 2.29. The number of benzene rings is 2. The number of aryl methyl sites for hydroxylation is 1. The minimum atomic E-state index is -0.144. The Hall–Kier alpha value is -3.06. The van der Waals surface area contributed by atoms with Gasteiger partial charge in [0, 0.05) is 19.5 Å². The molecule has 0 aliphatic carbocycles. The van der Waals surface area contributed by atoms with Crippen LogP contribution in [0.15, 0.2) is 42.5 Å². The second-order valence-electron chi connectivity index (χ2n) is 7.15. The monoisotopic (exact) mass is 426 g/mol. The standard InChI is InChI=1S/C24H30N2O5/c1-3-30-21-11-9-18(17-22(21)31-4-2)10-12-23(27)25-20-8-6-5-7-19(20)24(28)26-13-15-29-16-14-26/h5-9,11,17H,3-4,10,12-16H2,1-2H3,(H,25,27). The smallest absolute Gasteiger partial charge is 0.256 e. The van der Waals surface area contributed by atoms with E-state index < -0.39 is 0 Å². The average Bonchev–Trinajstić information content (AvgIpc) is 2.80. The van der Waals surface area contributed by atoms with Crippen molar-refractivity contribution in [3.05, 3.63) is 53.6 Å². The van der Waals surface area contributed by atoms with E-state index in [1.54, 1.807) is 23.1 Å². The SMILES string of the molecule is CCOc1ccc(CCC(=O)Nc2ccccc2C(=O)N2CCOCC2)cc1OCC. The molecule has 2 amide bonds. The van der Waals surface area contributed by atoms with Crippen molar-refractivity contribution in [3.8, 4) is 11.5 Å². The first-order chi connectivity index (χ1) is 15.1. The van der Waals surface area contributed by atoms with Crippen LogP contribution in [0, 0.1) is 0 Å². The molecule has 31 heavy (non-hydrogen) atoms. The number of para-hydroxylation sites is 1. The topological polar surface area (TPSA) is 77.1 Å². The van der Waals surface area contributed by atoms with Crippen molar-refractivity contribution in [2.75, 3.05) is 44.8 Å². The summed E-state index contributed by atoms with van der Waals surface area (Å²) in [6.07, 6.45) is 0.845. The van der Waals surface area contributed by atoms with Crippen molar-refractivity contribution in [2.24, 2.45) is 0 Å². The number of hydrogen-bond donors (Lipinski definition) is 1. The number of morpholine rings is 1. The Labute approximate surface area is 183 Å². The van der Waals surface area contributed by atoms with Crippen LogP contribution >= 0.6 is 0 Å². The van der Waals surface area contributed by atoms with E-state index in [1.165, 1.54) is 0 Å². The quantitative estimate of drug-likeness (QED) is 0.664. The van der Waals surface area contributed by atoms with E-state index in [2.05, 4.69) is 5.32 Å². The highest BCUT2D eigenvalue weighted by molar-refractivity contribution is 6.03. The number of nitrogens with zero attached hydrogens (tertiary/aromatic N) is 1. The molecule has 3 rings (SSSR count). The lowest BCUT2D eigenvalue weighted by Crippen LogP contribution is -2.41. The van der Waals surface area contributed by atoms with Crippen molar-refractivity contribution >= 4 is 17.5 Å². The molecule has 1 N–H and O–H groups in total. The molecule has 1 aliphatic heterocycles. The maximum atomic E-state index is 12.9. The fourth-order valence-corrected chi connectivity index (χ4v) is 3.44. The summed E-state index contributed by atoms with van der Waals surface area (Å²) in [5.74, 6) is 1.15. The second-order valence-corrected chi connectivity index (χ2v) is 7.15. The van der Waals surface area contributed by atoms with Gasteiger partial charge in [0.2, 0.25) is 5.91 Å². The van der Waals surface area contributed by atoms with E-state index >= 15 is 0 Å². The van der Waals surface area contributed by atoms with Crippen LogP contribution in [0.1, 0.15) is 36.2 Å². The van der Waals surface area contributed by atoms with Gasteiger partial charge < -0.3 is 24.4 Å². The molecule has 2 aromatic rings. The molecular weight excluding hydrogens is 396 g/mol. The van der Waals surface area contributed by atoms with E-state index in [0.717, 1.165) is 5.56 Å². The summed E-state index contributed by atoms with van der Waals surface area (Å²) >= 11 is 0. The van der Waals surface area contributed by atoms with E-state index in [4.69, 9.17) is 14.2 Å². The molecule has 0 aromatic heterocycles. The van der Waals surface area contributed by atoms with Gasteiger partial charge in [0.25, 0.3) is 5.91 Å². The van der Waals surface area contributed by atoms with Crippen molar-refractivity contribution in [1.29, 1.82) is 0 Å². The minimum Gasteiger partial charge on any atom is -0.490 e. The van der Waals surface area contributed by atoms with Crippen LogP contribution in [0.25, 0.3) is 0 Å². The number of rotatable bonds is 9. The number of nitrogens with one attached hydrogen (secondary N) is 1. The van der Waals surface area contributed by atoms with Crippen LogP contribution in [-0.4, -0.2) is 56.2 Å². The molecule has 166 valence electrons. The normalized spacial score (nSPS) is 13.5. The van der Waals surface area contributed by atoms with Crippen LogP contribution in [-0.2, 0) is 16.0 Å². The van der Waals surface area contributed by atoms with Crippen LogP contribution in [0.5, 0.6) is 11.5 Å². The summed E-state index contributed by atoms with van der Waals surface area (Å²) in [6.45, 7) is 7.13. The number of ether oxygens (including phenoxy) is 3. The Bertz CT molecular complexity index is 893. The van der Waals surface area contributed by atoms with Crippen molar-refractivity contribution < 1.29 is 23.8 Å². The van der Waals surface area contributed by atoms with E-state index in [-0.39, 0.29) is 11.8 Å². The Morgan fingerprint density at radius 3 is 2.45 bits per heavy atom. The van der Waals surface area contributed by atoms with Gasteiger partial charge >= 0.3 is 0 Å². The third kappa shape index (κ3) is 6.21. The summed E-state index contributed by atoms with van der Waals surface area (Å²) in [6, 6.07) is 12.8. The predicted octanol–water partition coefficient (Wildman–Crippen LogP) is 3.53. The first-order valence-corrected chi connectivity index (χ1v) is 10.8. The second kappa shape index (κ2) is 11.4. The molecule has 0 spiro atoms. The summed E-state index contributed by atoms with van der Waals surface area (Å²) < 4.78 is 16.6. The third-order valence-electron chi connectivity index (χ3n) is 4.98. The van der Waals surface area contributed by atoms with E-state index in [1.807, 2.05) is 38.1 Å². The molecular formula is C24H30N2O5. The van der Waals surface area contributed by atoms with Crippen LogP contribution < -0.4 is 14.8 Å². The molecule has 1 fully saturated rings. The Kier molecular flexibility index (Phi) is 8.29. The van der Waals surface area contributed by atoms with Gasteiger partial charge in [0.15, 0.2) is 11.5 Å². The summed E-state index contributed by atoms with van der Waals surface area (Å²) in [5, 5.41) is 2.90. The lowest BCUT2D eigenvalue weighted by molar-refractivity contribution is -0.116. The van der Waals surface area contributed by atoms with E-state index in [0.29, 0.717) is 75.1 Å². The number of amides is 2. The molecule has 0 atom stereocenters. The van der Waals surface area contributed by atoms with Gasteiger partial charge in [-0.3, -0.25) is 9.59 Å². The highest BCUT2D eigenvalue weighted by atomic mass is 16.5. The molecule has 1 saturated heterocycles. The zero-order chi connectivity index (χ0) is 22.1. The zero-order valence-electron chi connectivity index (χ0n) is 18.2. The molecule has 2 aromatic carbocycles. The average molecular weight is 427 g/mol. The molecule has 0 saturated carbocycles. The van der Waals surface area contributed by atoms with Gasteiger partial charge in [0.05, 0.1) is 37.7 Å².